The molecule has 4 nitrogen and oxygen atoms in total. The highest BCUT2D eigenvalue weighted by Crippen LogP contribution is 2.18. The van der Waals surface area contributed by atoms with Crippen LogP contribution in [0.15, 0.2) is 53.0 Å². The SMILES string of the molecule is CNC(=O)C(C)N(Cc1cccc(Br)c1)C(=O)CCc1ccc(C(C)C)cc1. The second-order valence-corrected chi connectivity index (χ2v) is 8.25. The number of hydrogen-bond acceptors (Lipinski definition) is 2. The Labute approximate surface area is 176 Å². The van der Waals surface area contributed by atoms with E-state index in [9.17, 15) is 9.59 Å². The van der Waals surface area contributed by atoms with E-state index in [4.69, 9.17) is 0 Å². The van der Waals surface area contributed by atoms with E-state index in [1.54, 1.807) is 18.9 Å². The second-order valence-electron chi connectivity index (χ2n) is 7.34. The van der Waals surface area contributed by atoms with Crippen LogP contribution in [0.1, 0.15) is 49.8 Å². The largest absolute Gasteiger partial charge is 0.357 e. The Morgan fingerprint density at radius 3 is 2.29 bits per heavy atom. The van der Waals surface area contributed by atoms with Crippen molar-refractivity contribution in [3.8, 4) is 0 Å². The van der Waals surface area contributed by atoms with E-state index in [1.807, 2.05) is 24.3 Å². The predicted octanol–water partition coefficient (Wildman–Crippen LogP) is 4.67. The Hall–Kier alpha value is -2.14. The average Bonchev–Trinajstić information content (AvgIpc) is 2.69. The number of amides is 2. The fourth-order valence-electron chi connectivity index (χ4n) is 3.09. The lowest BCUT2D eigenvalue weighted by atomic mass is 10.00. The van der Waals surface area contributed by atoms with Gasteiger partial charge in [0, 0.05) is 24.5 Å². The summed E-state index contributed by atoms with van der Waals surface area (Å²) < 4.78 is 0.954. The van der Waals surface area contributed by atoms with E-state index in [-0.39, 0.29) is 11.8 Å². The molecule has 0 aromatic heterocycles. The summed E-state index contributed by atoms with van der Waals surface area (Å²) in [5, 5.41) is 2.65. The molecule has 0 saturated heterocycles. The van der Waals surface area contributed by atoms with Gasteiger partial charge in [-0.1, -0.05) is 66.2 Å². The first-order chi connectivity index (χ1) is 13.3. The zero-order chi connectivity index (χ0) is 20.7. The molecule has 0 bridgehead atoms. The molecule has 5 heteroatoms. The van der Waals surface area contributed by atoms with Crippen molar-refractivity contribution in [1.82, 2.24) is 10.2 Å². The number of hydrogen-bond donors (Lipinski definition) is 1. The molecule has 0 heterocycles. The molecule has 0 spiro atoms. The molecule has 0 saturated carbocycles. The summed E-state index contributed by atoms with van der Waals surface area (Å²) in [4.78, 5) is 26.8. The fraction of sp³-hybridized carbons (Fsp3) is 0.391. The van der Waals surface area contributed by atoms with E-state index >= 15 is 0 Å². The lowest BCUT2D eigenvalue weighted by Gasteiger charge is -2.28. The third kappa shape index (κ3) is 6.20. The van der Waals surface area contributed by atoms with Crippen molar-refractivity contribution < 1.29 is 9.59 Å². The molecule has 2 aromatic rings. The van der Waals surface area contributed by atoms with Gasteiger partial charge >= 0.3 is 0 Å². The Bertz CT molecular complexity index is 803. The third-order valence-electron chi connectivity index (χ3n) is 4.93. The van der Waals surface area contributed by atoms with Crippen LogP contribution in [0.5, 0.6) is 0 Å². The second kappa shape index (κ2) is 10.4. The summed E-state index contributed by atoms with van der Waals surface area (Å²) in [5.74, 6) is 0.304. The number of carbonyl (C=O) groups excluding carboxylic acids is 2. The van der Waals surface area contributed by atoms with Gasteiger partial charge in [0.05, 0.1) is 0 Å². The highest BCUT2D eigenvalue weighted by molar-refractivity contribution is 9.10. The Balaban J connectivity index is 2.10. The van der Waals surface area contributed by atoms with Gasteiger partial charge in [-0.15, -0.1) is 0 Å². The van der Waals surface area contributed by atoms with Gasteiger partial charge < -0.3 is 10.2 Å². The first-order valence-corrected chi connectivity index (χ1v) is 10.5. The zero-order valence-electron chi connectivity index (χ0n) is 17.0. The van der Waals surface area contributed by atoms with Crippen molar-refractivity contribution >= 4 is 27.7 Å². The monoisotopic (exact) mass is 444 g/mol. The van der Waals surface area contributed by atoms with E-state index < -0.39 is 6.04 Å². The average molecular weight is 445 g/mol. The molecule has 2 amide bonds. The Morgan fingerprint density at radius 2 is 1.71 bits per heavy atom. The molecular formula is C23H29BrN2O2. The molecule has 1 N–H and O–H groups in total. The van der Waals surface area contributed by atoms with Gasteiger partial charge in [0.2, 0.25) is 11.8 Å². The number of nitrogens with zero attached hydrogens (tertiary/aromatic N) is 1. The van der Waals surface area contributed by atoms with Crippen LogP contribution in [0.25, 0.3) is 0 Å². The van der Waals surface area contributed by atoms with Crippen LogP contribution in [0, 0.1) is 0 Å². The maximum Gasteiger partial charge on any atom is 0.242 e. The Morgan fingerprint density at radius 1 is 1.04 bits per heavy atom. The van der Waals surface area contributed by atoms with Crippen LogP contribution in [-0.4, -0.2) is 29.8 Å². The third-order valence-corrected chi connectivity index (χ3v) is 5.42. The van der Waals surface area contributed by atoms with Crippen LogP contribution in [-0.2, 0) is 22.6 Å². The van der Waals surface area contributed by atoms with Gasteiger partial charge in [0.25, 0.3) is 0 Å². The molecule has 0 radical (unpaired) electrons. The Kier molecular flexibility index (Phi) is 8.24. The number of likely N-dealkylation sites (N-methyl/N-ethyl adjacent to an activating group) is 1. The quantitative estimate of drug-likeness (QED) is 0.642. The topological polar surface area (TPSA) is 49.4 Å². The van der Waals surface area contributed by atoms with Crippen molar-refractivity contribution in [3.63, 3.8) is 0 Å². The molecule has 2 rings (SSSR count). The highest BCUT2D eigenvalue weighted by Gasteiger charge is 2.25. The summed E-state index contributed by atoms with van der Waals surface area (Å²) in [6.45, 7) is 6.50. The minimum absolute atomic E-state index is 0.0241. The van der Waals surface area contributed by atoms with Crippen LogP contribution in [0.4, 0.5) is 0 Å². The number of nitrogens with one attached hydrogen (secondary N) is 1. The molecule has 0 aliphatic rings. The summed E-state index contributed by atoms with van der Waals surface area (Å²) in [7, 11) is 1.59. The first-order valence-electron chi connectivity index (χ1n) is 9.66. The first kappa shape index (κ1) is 22.2. The maximum atomic E-state index is 13.0. The zero-order valence-corrected chi connectivity index (χ0v) is 18.6. The summed E-state index contributed by atoms with van der Waals surface area (Å²) in [5.41, 5.74) is 3.41. The molecule has 150 valence electrons. The number of halogens is 1. The molecule has 0 aliphatic heterocycles. The molecule has 0 fully saturated rings. The lowest BCUT2D eigenvalue weighted by Crippen LogP contribution is -2.46. The normalized spacial score (nSPS) is 11.9. The van der Waals surface area contributed by atoms with E-state index in [0.717, 1.165) is 15.6 Å². The van der Waals surface area contributed by atoms with Crippen LogP contribution < -0.4 is 5.32 Å². The van der Waals surface area contributed by atoms with E-state index in [0.29, 0.717) is 25.3 Å². The van der Waals surface area contributed by atoms with E-state index in [2.05, 4.69) is 59.4 Å². The minimum atomic E-state index is -0.528. The summed E-state index contributed by atoms with van der Waals surface area (Å²) in [6, 6.07) is 15.7. The molecule has 2 aromatic carbocycles. The van der Waals surface area contributed by atoms with Crippen LogP contribution >= 0.6 is 15.9 Å². The van der Waals surface area contributed by atoms with Crippen LogP contribution in [0.2, 0.25) is 0 Å². The van der Waals surface area contributed by atoms with Crippen LogP contribution in [0.3, 0.4) is 0 Å². The molecule has 28 heavy (non-hydrogen) atoms. The van der Waals surface area contributed by atoms with Crippen molar-refractivity contribution in [2.45, 2.75) is 52.1 Å². The maximum absolute atomic E-state index is 13.0. The van der Waals surface area contributed by atoms with Gasteiger partial charge in [-0.25, -0.2) is 0 Å². The van der Waals surface area contributed by atoms with Gasteiger partial charge in [-0.3, -0.25) is 9.59 Å². The van der Waals surface area contributed by atoms with Gasteiger partial charge in [0.15, 0.2) is 0 Å². The number of aryl methyl sites for hydroxylation is 1. The van der Waals surface area contributed by atoms with Crippen molar-refractivity contribution in [2.75, 3.05) is 7.05 Å². The highest BCUT2D eigenvalue weighted by atomic mass is 79.9. The van der Waals surface area contributed by atoms with Crippen molar-refractivity contribution in [2.24, 2.45) is 0 Å². The molecular weight excluding hydrogens is 416 g/mol. The van der Waals surface area contributed by atoms with Gasteiger partial charge in [-0.05, 0) is 48.1 Å². The molecule has 0 aliphatic carbocycles. The minimum Gasteiger partial charge on any atom is -0.357 e. The lowest BCUT2D eigenvalue weighted by molar-refractivity contribution is -0.140. The number of carbonyl (C=O) groups is 2. The van der Waals surface area contributed by atoms with E-state index in [1.165, 1.54) is 5.56 Å². The number of benzene rings is 2. The standard InChI is InChI=1S/C23H29BrN2O2/c1-16(2)20-11-8-18(9-12-20)10-13-22(27)26(17(3)23(28)25-4)15-19-6-5-7-21(24)14-19/h5-9,11-12,14,16-17H,10,13,15H2,1-4H3,(H,25,28). The van der Waals surface area contributed by atoms with Crippen molar-refractivity contribution in [1.29, 1.82) is 0 Å². The number of rotatable bonds is 8. The van der Waals surface area contributed by atoms with Gasteiger partial charge in [0.1, 0.15) is 6.04 Å². The molecule has 1 atom stereocenters. The predicted molar refractivity (Wildman–Crippen MR) is 117 cm³/mol. The smallest absolute Gasteiger partial charge is 0.242 e. The summed E-state index contributed by atoms with van der Waals surface area (Å²) in [6.07, 6.45) is 1.03. The fourth-order valence-corrected chi connectivity index (χ4v) is 3.53. The van der Waals surface area contributed by atoms with Gasteiger partial charge in [-0.2, -0.15) is 0 Å². The van der Waals surface area contributed by atoms with Crippen molar-refractivity contribution in [3.05, 3.63) is 69.7 Å². The summed E-state index contributed by atoms with van der Waals surface area (Å²) >= 11 is 3.46. The molecule has 1 unspecified atom stereocenters.